The van der Waals surface area contributed by atoms with Crippen LogP contribution < -0.4 is 20.3 Å². The summed E-state index contributed by atoms with van der Waals surface area (Å²) >= 11 is 0. The summed E-state index contributed by atoms with van der Waals surface area (Å²) in [4.78, 5) is 47.7. The molecular weight excluding hydrogens is 506 g/mol. The number of aromatic nitrogens is 1. The molecule has 2 aromatic rings. The average molecular weight is 548 g/mol. The normalized spacial score (nSPS) is 19.1. The van der Waals surface area contributed by atoms with Gasteiger partial charge >= 0.3 is 0 Å². The van der Waals surface area contributed by atoms with Gasteiger partial charge in [0.05, 0.1) is 36.3 Å². The summed E-state index contributed by atoms with van der Waals surface area (Å²) in [5.74, 6) is 0.265. The van der Waals surface area contributed by atoms with Crippen LogP contribution in [-0.4, -0.2) is 65.9 Å². The third-order valence-electron chi connectivity index (χ3n) is 8.13. The van der Waals surface area contributed by atoms with Crippen LogP contribution in [-0.2, 0) is 9.59 Å². The van der Waals surface area contributed by atoms with Gasteiger partial charge < -0.3 is 25.2 Å². The van der Waals surface area contributed by atoms with Crippen molar-refractivity contribution in [1.29, 1.82) is 0 Å². The van der Waals surface area contributed by atoms with Crippen LogP contribution >= 0.6 is 0 Å². The zero-order chi connectivity index (χ0) is 27.7. The van der Waals surface area contributed by atoms with Crippen molar-refractivity contribution < 1.29 is 19.1 Å². The van der Waals surface area contributed by atoms with E-state index in [1.54, 1.807) is 23.4 Å². The molecule has 0 radical (unpaired) electrons. The van der Waals surface area contributed by atoms with Crippen LogP contribution in [0.3, 0.4) is 0 Å². The van der Waals surface area contributed by atoms with Gasteiger partial charge in [0.15, 0.2) is 0 Å². The fourth-order valence-corrected chi connectivity index (χ4v) is 6.01. The highest BCUT2D eigenvalue weighted by Crippen LogP contribution is 2.34. The van der Waals surface area contributed by atoms with Crippen LogP contribution in [0.1, 0.15) is 81.0 Å². The fraction of sp³-hybridized carbons (Fsp3) is 0.548. The lowest BCUT2D eigenvalue weighted by Crippen LogP contribution is -2.44. The lowest BCUT2D eigenvalue weighted by atomic mass is 10.1. The molecule has 3 aliphatic rings. The Labute approximate surface area is 236 Å². The number of benzene rings is 1. The maximum absolute atomic E-state index is 13.7. The number of fused-ring (bicyclic) bond motifs is 3. The molecule has 40 heavy (non-hydrogen) atoms. The number of carbonyl (C=O) groups is 3. The van der Waals surface area contributed by atoms with E-state index in [0.717, 1.165) is 76.3 Å². The van der Waals surface area contributed by atoms with Crippen molar-refractivity contribution >= 4 is 29.1 Å². The number of pyridine rings is 1. The molecule has 214 valence electrons. The number of nitrogens with zero attached hydrogens (tertiary/aromatic N) is 3. The highest BCUT2D eigenvalue weighted by molar-refractivity contribution is 5.97. The molecule has 3 amide bonds. The summed E-state index contributed by atoms with van der Waals surface area (Å²) < 4.78 is 6.20. The van der Waals surface area contributed by atoms with Gasteiger partial charge in [0.25, 0.3) is 5.91 Å². The van der Waals surface area contributed by atoms with Gasteiger partial charge in [-0.2, -0.15) is 0 Å². The molecule has 2 aliphatic carbocycles. The van der Waals surface area contributed by atoms with Gasteiger partial charge in [0.2, 0.25) is 11.8 Å². The number of para-hydroxylation sites is 2. The monoisotopic (exact) mass is 547 g/mol. The summed E-state index contributed by atoms with van der Waals surface area (Å²) in [5.41, 5.74) is 1.76. The molecule has 1 aromatic carbocycles. The third-order valence-corrected chi connectivity index (χ3v) is 8.13. The van der Waals surface area contributed by atoms with Gasteiger partial charge in [0.1, 0.15) is 12.3 Å². The average Bonchev–Trinajstić information content (AvgIpc) is 3.67. The summed E-state index contributed by atoms with van der Waals surface area (Å²) in [6.45, 7) is 1.09. The van der Waals surface area contributed by atoms with Gasteiger partial charge in [0, 0.05) is 24.8 Å². The first-order valence-corrected chi connectivity index (χ1v) is 14.9. The van der Waals surface area contributed by atoms with Gasteiger partial charge in [-0.3, -0.25) is 19.4 Å². The molecule has 2 fully saturated rings. The number of rotatable bonds is 6. The first-order valence-electron chi connectivity index (χ1n) is 14.9. The number of ether oxygens (including phenoxy) is 1. The van der Waals surface area contributed by atoms with Gasteiger partial charge in [-0.25, -0.2) is 0 Å². The van der Waals surface area contributed by atoms with Crippen molar-refractivity contribution in [1.82, 2.24) is 20.5 Å². The van der Waals surface area contributed by atoms with E-state index >= 15 is 0 Å². The maximum Gasteiger partial charge on any atom is 0.255 e. The molecule has 5 rings (SSSR count). The van der Waals surface area contributed by atoms with Crippen LogP contribution in [0.5, 0.6) is 5.75 Å². The number of nitrogens with one attached hydrogen (secondary N) is 2. The first kappa shape index (κ1) is 27.9. The van der Waals surface area contributed by atoms with Crippen molar-refractivity contribution in [3.63, 3.8) is 0 Å². The Bertz CT molecular complexity index is 1180. The van der Waals surface area contributed by atoms with Gasteiger partial charge in [-0.15, -0.1) is 0 Å². The second kappa shape index (κ2) is 13.6. The Morgan fingerprint density at radius 3 is 2.25 bits per heavy atom. The molecular formula is C31H41N5O4. The molecule has 9 nitrogen and oxygen atoms in total. The molecule has 1 aliphatic heterocycles. The Morgan fingerprint density at radius 1 is 0.850 bits per heavy atom. The SMILES string of the molecule is O=C(CN1CCCCCOc2ccccc2N(CC(=O)NC2CCCC2)c2cncc(c2)C1=O)NC1CCCC1. The van der Waals surface area contributed by atoms with Gasteiger partial charge in [-0.05, 0) is 63.1 Å². The molecule has 9 heteroatoms. The number of hydrogen-bond donors (Lipinski definition) is 2. The van der Waals surface area contributed by atoms with E-state index in [1.807, 2.05) is 29.2 Å². The molecule has 2 heterocycles. The van der Waals surface area contributed by atoms with E-state index in [9.17, 15) is 14.4 Å². The fourth-order valence-electron chi connectivity index (χ4n) is 6.01. The lowest BCUT2D eigenvalue weighted by Gasteiger charge is -2.28. The first-order chi connectivity index (χ1) is 19.6. The number of anilines is 2. The Kier molecular flexibility index (Phi) is 9.52. The molecule has 0 saturated heterocycles. The van der Waals surface area contributed by atoms with Crippen molar-refractivity contribution in [2.75, 3.05) is 31.1 Å². The van der Waals surface area contributed by atoms with E-state index in [1.165, 1.54) is 0 Å². The smallest absolute Gasteiger partial charge is 0.255 e. The highest BCUT2D eigenvalue weighted by Gasteiger charge is 2.25. The topological polar surface area (TPSA) is 104 Å². The quantitative estimate of drug-likeness (QED) is 0.558. The predicted octanol–water partition coefficient (Wildman–Crippen LogP) is 4.34. The van der Waals surface area contributed by atoms with Crippen LogP contribution in [0, 0.1) is 0 Å². The second-order valence-corrected chi connectivity index (χ2v) is 11.2. The molecule has 2 bridgehead atoms. The van der Waals surface area contributed by atoms with Crippen LogP contribution in [0.25, 0.3) is 0 Å². The summed E-state index contributed by atoms with van der Waals surface area (Å²) in [6, 6.07) is 9.85. The summed E-state index contributed by atoms with van der Waals surface area (Å²) in [6.07, 6.45) is 14.2. The summed E-state index contributed by atoms with van der Waals surface area (Å²) in [7, 11) is 0. The minimum atomic E-state index is -0.229. The minimum absolute atomic E-state index is 0.0202. The van der Waals surface area contributed by atoms with Crippen LogP contribution in [0.2, 0.25) is 0 Å². The molecule has 1 aromatic heterocycles. The minimum Gasteiger partial charge on any atom is -0.491 e. The predicted molar refractivity (Wildman–Crippen MR) is 154 cm³/mol. The van der Waals surface area contributed by atoms with Crippen molar-refractivity contribution in [3.8, 4) is 5.75 Å². The van der Waals surface area contributed by atoms with Gasteiger partial charge in [-0.1, -0.05) is 37.8 Å². The number of hydrogen-bond acceptors (Lipinski definition) is 6. The van der Waals surface area contributed by atoms with E-state index in [0.29, 0.717) is 30.2 Å². The Morgan fingerprint density at radius 2 is 1.52 bits per heavy atom. The van der Waals surface area contributed by atoms with Crippen molar-refractivity contribution in [2.24, 2.45) is 0 Å². The molecule has 0 atom stereocenters. The van der Waals surface area contributed by atoms with E-state index in [4.69, 9.17) is 4.74 Å². The van der Waals surface area contributed by atoms with Crippen molar-refractivity contribution in [3.05, 3.63) is 48.3 Å². The standard InChI is InChI=1S/C31H41N5O4/c37-29(33-24-10-2-3-11-24)21-35-16-8-1-9-17-40-28-15-7-6-14-27(28)36(22-30(38)34-25-12-4-5-13-25)26-18-23(31(35)39)19-32-20-26/h6-7,14-15,18-20,24-25H,1-5,8-13,16-17,21-22H2,(H,33,37)(H,34,38). The molecule has 0 unspecified atom stereocenters. The molecule has 0 spiro atoms. The van der Waals surface area contributed by atoms with Crippen molar-refractivity contribution in [2.45, 2.75) is 82.7 Å². The summed E-state index contributed by atoms with van der Waals surface area (Å²) in [5, 5.41) is 6.28. The lowest BCUT2D eigenvalue weighted by molar-refractivity contribution is -0.122. The molecule has 2 saturated carbocycles. The van der Waals surface area contributed by atoms with Crippen LogP contribution in [0.4, 0.5) is 11.4 Å². The van der Waals surface area contributed by atoms with E-state index in [-0.39, 0.29) is 42.9 Å². The zero-order valence-corrected chi connectivity index (χ0v) is 23.3. The Balaban J connectivity index is 1.42. The highest BCUT2D eigenvalue weighted by atomic mass is 16.5. The van der Waals surface area contributed by atoms with E-state index < -0.39 is 0 Å². The number of amides is 3. The van der Waals surface area contributed by atoms with E-state index in [2.05, 4.69) is 15.6 Å². The largest absolute Gasteiger partial charge is 0.491 e. The number of carbonyl (C=O) groups excluding carboxylic acids is 3. The zero-order valence-electron chi connectivity index (χ0n) is 23.3. The van der Waals surface area contributed by atoms with Crippen LogP contribution in [0.15, 0.2) is 42.7 Å². The third kappa shape index (κ3) is 7.31. The Hall–Kier alpha value is -3.62. The molecule has 2 N–H and O–H groups in total. The maximum atomic E-state index is 13.7. The second-order valence-electron chi connectivity index (χ2n) is 11.2.